The Kier molecular flexibility index (Phi) is 3.62. The highest BCUT2D eigenvalue weighted by molar-refractivity contribution is 4.97. The fourth-order valence-electron chi connectivity index (χ4n) is 2.13. The molecule has 0 radical (unpaired) electrons. The number of rotatable bonds is 3. The van der Waals surface area contributed by atoms with Crippen molar-refractivity contribution in [2.75, 3.05) is 6.54 Å². The molecule has 1 aliphatic carbocycles. The predicted octanol–water partition coefficient (Wildman–Crippen LogP) is 2.31. The van der Waals surface area contributed by atoms with Crippen LogP contribution in [0.15, 0.2) is 0 Å². The van der Waals surface area contributed by atoms with Gasteiger partial charge in [0.05, 0.1) is 0 Å². The summed E-state index contributed by atoms with van der Waals surface area (Å²) in [6.07, 6.45) is 7.65. The Hall–Kier alpha value is -0.480. The second-order valence-corrected chi connectivity index (χ2v) is 3.84. The van der Waals surface area contributed by atoms with Crippen molar-refractivity contribution in [3.05, 3.63) is 0 Å². The summed E-state index contributed by atoms with van der Waals surface area (Å²) in [6, 6.07) is 0. The Bertz CT molecular complexity index is 179. The molecule has 1 saturated carbocycles. The van der Waals surface area contributed by atoms with Gasteiger partial charge in [0.15, 0.2) is 0 Å². The normalized spacial score (nSPS) is 20.2. The van der Waals surface area contributed by atoms with Crippen LogP contribution in [0.5, 0.6) is 0 Å². The van der Waals surface area contributed by atoms with Gasteiger partial charge in [-0.2, -0.15) is 0 Å². The molecule has 0 aromatic rings. The molecule has 0 bridgehead atoms. The maximum atomic E-state index is 5.80. The van der Waals surface area contributed by atoms with E-state index in [-0.39, 0.29) is 0 Å². The highest BCUT2D eigenvalue weighted by Crippen LogP contribution is 2.40. The first-order valence-corrected chi connectivity index (χ1v) is 4.93. The zero-order valence-corrected chi connectivity index (χ0v) is 8.03. The number of nitrogens with two attached hydrogens (primary N) is 1. The molecule has 2 N–H and O–H groups in total. The molecule has 1 nitrogen and oxygen atoms in total. The Morgan fingerprint density at radius 2 is 2.00 bits per heavy atom. The zero-order valence-electron chi connectivity index (χ0n) is 8.03. The smallest absolute Gasteiger partial charge is 0.00943 e. The summed E-state index contributed by atoms with van der Waals surface area (Å²) >= 11 is 0. The third kappa shape index (κ3) is 2.25. The number of hydrogen-bond donors (Lipinski definition) is 1. The molecule has 1 rings (SSSR count). The molecule has 1 fully saturated rings. The van der Waals surface area contributed by atoms with E-state index in [0.29, 0.717) is 5.41 Å². The van der Waals surface area contributed by atoms with Crippen molar-refractivity contribution in [2.45, 2.75) is 45.4 Å². The lowest BCUT2D eigenvalue weighted by Crippen LogP contribution is -2.27. The molecule has 0 heterocycles. The minimum atomic E-state index is 0.462. The third-order valence-electron chi connectivity index (χ3n) is 3.05. The van der Waals surface area contributed by atoms with Gasteiger partial charge in [-0.15, -0.1) is 11.8 Å². The van der Waals surface area contributed by atoms with E-state index in [4.69, 9.17) is 5.73 Å². The predicted molar refractivity (Wildman–Crippen MR) is 52.6 cm³/mol. The van der Waals surface area contributed by atoms with Crippen LogP contribution in [0, 0.1) is 17.3 Å². The standard InChI is InChI=1S/C11H19N/c1-2-3-4-7-11(10-12)8-5-6-9-11/h4-10,12H2,1H3. The second kappa shape index (κ2) is 4.52. The Balaban J connectivity index is 2.37. The van der Waals surface area contributed by atoms with Crippen molar-refractivity contribution >= 4 is 0 Å². The molecule has 0 atom stereocenters. The van der Waals surface area contributed by atoms with E-state index in [0.717, 1.165) is 13.0 Å². The molecule has 1 aliphatic rings. The average molecular weight is 165 g/mol. The minimum absolute atomic E-state index is 0.462. The van der Waals surface area contributed by atoms with E-state index >= 15 is 0 Å². The molecule has 0 unspecified atom stereocenters. The van der Waals surface area contributed by atoms with Crippen LogP contribution in [0.2, 0.25) is 0 Å². The van der Waals surface area contributed by atoms with Crippen LogP contribution < -0.4 is 5.73 Å². The van der Waals surface area contributed by atoms with Crippen LogP contribution in [-0.4, -0.2) is 6.54 Å². The van der Waals surface area contributed by atoms with Gasteiger partial charge in [0, 0.05) is 6.42 Å². The van der Waals surface area contributed by atoms with E-state index in [1.54, 1.807) is 0 Å². The molecule has 0 aliphatic heterocycles. The largest absolute Gasteiger partial charge is 0.330 e. The summed E-state index contributed by atoms with van der Waals surface area (Å²) in [6.45, 7) is 2.77. The van der Waals surface area contributed by atoms with Crippen molar-refractivity contribution in [3.8, 4) is 11.8 Å². The molecule has 0 amide bonds. The first-order chi connectivity index (χ1) is 5.83. The van der Waals surface area contributed by atoms with Gasteiger partial charge in [-0.1, -0.05) is 12.8 Å². The minimum Gasteiger partial charge on any atom is -0.330 e. The quantitative estimate of drug-likeness (QED) is 0.638. The van der Waals surface area contributed by atoms with Gasteiger partial charge in [0.2, 0.25) is 0 Å². The Morgan fingerprint density at radius 3 is 2.50 bits per heavy atom. The van der Waals surface area contributed by atoms with Crippen molar-refractivity contribution in [1.82, 2.24) is 0 Å². The van der Waals surface area contributed by atoms with Crippen molar-refractivity contribution in [2.24, 2.45) is 11.1 Å². The van der Waals surface area contributed by atoms with Crippen LogP contribution in [0.3, 0.4) is 0 Å². The molecule has 0 aromatic carbocycles. The summed E-state index contributed by atoms with van der Waals surface area (Å²) in [5, 5.41) is 0. The summed E-state index contributed by atoms with van der Waals surface area (Å²) in [7, 11) is 0. The zero-order chi connectivity index (χ0) is 8.86. The van der Waals surface area contributed by atoms with Crippen LogP contribution in [0.25, 0.3) is 0 Å². The van der Waals surface area contributed by atoms with Crippen molar-refractivity contribution in [1.29, 1.82) is 0 Å². The molecule has 0 aromatic heterocycles. The lowest BCUT2D eigenvalue weighted by molar-refractivity contribution is 0.287. The van der Waals surface area contributed by atoms with E-state index in [2.05, 4.69) is 11.8 Å². The van der Waals surface area contributed by atoms with Crippen LogP contribution in [-0.2, 0) is 0 Å². The monoisotopic (exact) mass is 165 g/mol. The summed E-state index contributed by atoms with van der Waals surface area (Å²) in [5.74, 6) is 6.07. The number of hydrogen-bond acceptors (Lipinski definition) is 1. The third-order valence-corrected chi connectivity index (χ3v) is 3.05. The van der Waals surface area contributed by atoms with Gasteiger partial charge in [-0.05, 0) is 38.1 Å². The van der Waals surface area contributed by atoms with Crippen molar-refractivity contribution in [3.63, 3.8) is 0 Å². The van der Waals surface area contributed by atoms with Gasteiger partial charge in [-0.3, -0.25) is 0 Å². The summed E-state index contributed by atoms with van der Waals surface area (Å²) in [4.78, 5) is 0. The lowest BCUT2D eigenvalue weighted by atomic mass is 9.82. The highest BCUT2D eigenvalue weighted by atomic mass is 14.6. The van der Waals surface area contributed by atoms with Crippen molar-refractivity contribution < 1.29 is 0 Å². The van der Waals surface area contributed by atoms with Gasteiger partial charge < -0.3 is 5.73 Å². The maximum absolute atomic E-state index is 5.80. The van der Waals surface area contributed by atoms with Crippen LogP contribution >= 0.6 is 0 Å². The molecular formula is C11H19N. The van der Waals surface area contributed by atoms with Crippen LogP contribution in [0.1, 0.15) is 45.4 Å². The highest BCUT2D eigenvalue weighted by Gasteiger charge is 2.31. The van der Waals surface area contributed by atoms with Crippen LogP contribution in [0.4, 0.5) is 0 Å². The van der Waals surface area contributed by atoms with E-state index in [1.165, 1.54) is 32.1 Å². The molecule has 0 spiro atoms. The summed E-state index contributed by atoms with van der Waals surface area (Å²) < 4.78 is 0. The van der Waals surface area contributed by atoms with Gasteiger partial charge in [0.25, 0.3) is 0 Å². The average Bonchev–Trinajstić information content (AvgIpc) is 2.55. The SMILES string of the molecule is CC#CCCC1(CN)CCCC1. The molecule has 68 valence electrons. The lowest BCUT2D eigenvalue weighted by Gasteiger charge is -2.25. The van der Waals surface area contributed by atoms with Gasteiger partial charge in [0.1, 0.15) is 0 Å². The maximum Gasteiger partial charge on any atom is 0.00943 e. The Morgan fingerprint density at radius 1 is 1.33 bits per heavy atom. The molecule has 12 heavy (non-hydrogen) atoms. The molecule has 0 saturated heterocycles. The topological polar surface area (TPSA) is 26.0 Å². The van der Waals surface area contributed by atoms with E-state index in [1.807, 2.05) is 6.92 Å². The fourth-order valence-corrected chi connectivity index (χ4v) is 2.13. The molecule has 1 heteroatoms. The van der Waals surface area contributed by atoms with Gasteiger partial charge in [-0.25, -0.2) is 0 Å². The van der Waals surface area contributed by atoms with Gasteiger partial charge >= 0.3 is 0 Å². The Labute approximate surface area is 75.7 Å². The first-order valence-electron chi connectivity index (χ1n) is 4.93. The van der Waals surface area contributed by atoms with E-state index in [9.17, 15) is 0 Å². The first kappa shape index (κ1) is 9.61. The second-order valence-electron chi connectivity index (χ2n) is 3.84. The fraction of sp³-hybridized carbons (Fsp3) is 0.818. The van der Waals surface area contributed by atoms with E-state index < -0.39 is 0 Å². The summed E-state index contributed by atoms with van der Waals surface area (Å²) in [5.41, 5.74) is 6.26. The molecular weight excluding hydrogens is 146 g/mol.